The molecule has 0 bridgehead atoms. The number of guanidine groups is 1. The summed E-state index contributed by atoms with van der Waals surface area (Å²) in [7, 11) is -2.00. The van der Waals surface area contributed by atoms with Crippen LogP contribution in [0.15, 0.2) is 46.3 Å². The molecule has 0 spiro atoms. The number of nitrogens with zero attached hydrogens (tertiary/aromatic N) is 1. The Balaban J connectivity index is 2.00. The number of hydrogen-bond acceptors (Lipinski definition) is 4. The van der Waals surface area contributed by atoms with Crippen LogP contribution < -0.4 is 15.4 Å². The van der Waals surface area contributed by atoms with Gasteiger partial charge in [0.2, 0.25) is 10.0 Å². The lowest BCUT2D eigenvalue weighted by atomic mass is 10.2. The summed E-state index contributed by atoms with van der Waals surface area (Å²) < 4.78 is 25.8. The van der Waals surface area contributed by atoms with Gasteiger partial charge in [0, 0.05) is 16.3 Å². The summed E-state index contributed by atoms with van der Waals surface area (Å²) in [6, 6.07) is 10.9. The van der Waals surface area contributed by atoms with Crippen molar-refractivity contribution in [1.82, 2.24) is 15.4 Å². The van der Waals surface area contributed by atoms with Gasteiger partial charge in [-0.3, -0.25) is 0 Å². The average Bonchev–Trinajstić information content (AvgIpc) is 3.03. The third kappa shape index (κ3) is 5.84. The lowest BCUT2D eigenvalue weighted by molar-refractivity contribution is 0.588. The maximum absolute atomic E-state index is 11.7. The Morgan fingerprint density at radius 3 is 2.40 bits per heavy atom. The van der Waals surface area contributed by atoms with Crippen molar-refractivity contribution in [2.45, 2.75) is 31.8 Å². The summed E-state index contributed by atoms with van der Waals surface area (Å²) in [5.74, 6) is 0.737. The predicted octanol–water partition coefficient (Wildman–Crippen LogP) is 2.22. The molecule has 8 heteroatoms. The number of rotatable bonds is 7. The Morgan fingerprint density at radius 2 is 1.84 bits per heavy atom. The zero-order chi connectivity index (χ0) is 18.3. The Hall–Kier alpha value is -1.90. The second-order valence-electron chi connectivity index (χ2n) is 5.41. The Morgan fingerprint density at radius 1 is 1.12 bits per heavy atom. The molecule has 0 saturated carbocycles. The van der Waals surface area contributed by atoms with Crippen molar-refractivity contribution >= 4 is 27.3 Å². The SMILES string of the molecule is CCNC(=NCc1ccc(S(=O)(=O)NC)cc1)NCc1ccc(C)s1. The van der Waals surface area contributed by atoms with Gasteiger partial charge in [-0.25, -0.2) is 18.1 Å². The molecule has 1 heterocycles. The van der Waals surface area contributed by atoms with E-state index >= 15 is 0 Å². The fraction of sp³-hybridized carbons (Fsp3) is 0.353. The molecule has 6 nitrogen and oxygen atoms in total. The van der Waals surface area contributed by atoms with Gasteiger partial charge < -0.3 is 10.6 Å². The highest BCUT2D eigenvalue weighted by Crippen LogP contribution is 2.14. The second-order valence-corrected chi connectivity index (χ2v) is 8.67. The molecular formula is C17H24N4O2S2. The normalized spacial score (nSPS) is 12.2. The number of benzene rings is 1. The van der Waals surface area contributed by atoms with Crippen molar-refractivity contribution in [3.8, 4) is 0 Å². The first-order valence-electron chi connectivity index (χ1n) is 8.04. The molecule has 0 atom stereocenters. The molecule has 0 aliphatic rings. The maximum atomic E-state index is 11.7. The van der Waals surface area contributed by atoms with Gasteiger partial charge >= 0.3 is 0 Å². The van der Waals surface area contributed by atoms with Crippen LogP contribution in [0.5, 0.6) is 0 Å². The van der Waals surface area contributed by atoms with Crippen molar-refractivity contribution in [3.05, 3.63) is 51.7 Å². The molecule has 0 aliphatic carbocycles. The standard InChI is InChI=1S/C17H24N4O2S2/c1-4-19-17(21-12-15-8-5-13(2)24-15)20-11-14-6-9-16(10-7-14)25(22,23)18-3/h5-10,18H,4,11-12H2,1-3H3,(H2,19,20,21). The molecule has 1 aromatic heterocycles. The van der Waals surface area contributed by atoms with Crippen LogP contribution in [0.4, 0.5) is 0 Å². The van der Waals surface area contributed by atoms with Gasteiger partial charge in [-0.15, -0.1) is 11.3 Å². The third-order valence-electron chi connectivity index (χ3n) is 3.49. The first-order chi connectivity index (χ1) is 11.9. The molecule has 0 amide bonds. The van der Waals surface area contributed by atoms with Crippen molar-refractivity contribution in [3.63, 3.8) is 0 Å². The Bertz CT molecular complexity index is 811. The van der Waals surface area contributed by atoms with Crippen LogP contribution in [0, 0.1) is 6.92 Å². The third-order valence-corrected chi connectivity index (χ3v) is 5.92. The van der Waals surface area contributed by atoms with Gasteiger partial charge in [-0.2, -0.15) is 0 Å². The molecule has 0 saturated heterocycles. The number of aryl methyl sites for hydroxylation is 1. The first kappa shape index (κ1) is 19.4. The van der Waals surface area contributed by atoms with Crippen LogP contribution in [0.1, 0.15) is 22.2 Å². The molecule has 0 fully saturated rings. The zero-order valence-corrected chi connectivity index (χ0v) is 16.3. The summed E-state index contributed by atoms with van der Waals surface area (Å²) in [4.78, 5) is 7.34. The second kappa shape index (κ2) is 8.98. The smallest absolute Gasteiger partial charge is 0.240 e. The van der Waals surface area contributed by atoms with Gasteiger partial charge in [0.1, 0.15) is 0 Å². The van der Waals surface area contributed by atoms with Crippen molar-refractivity contribution in [2.24, 2.45) is 4.99 Å². The van der Waals surface area contributed by atoms with Gasteiger partial charge in [-0.1, -0.05) is 12.1 Å². The van der Waals surface area contributed by atoms with Crippen LogP contribution in [0.2, 0.25) is 0 Å². The zero-order valence-electron chi connectivity index (χ0n) is 14.7. The van der Waals surface area contributed by atoms with Crippen LogP contribution in [0.3, 0.4) is 0 Å². The fourth-order valence-electron chi connectivity index (χ4n) is 2.15. The predicted molar refractivity (Wildman–Crippen MR) is 103 cm³/mol. The molecule has 2 aromatic rings. The monoisotopic (exact) mass is 380 g/mol. The summed E-state index contributed by atoms with van der Waals surface area (Å²) >= 11 is 1.76. The highest BCUT2D eigenvalue weighted by molar-refractivity contribution is 7.89. The molecule has 0 aliphatic heterocycles. The molecular weight excluding hydrogens is 356 g/mol. The van der Waals surface area contributed by atoms with Gasteiger partial charge in [0.15, 0.2) is 5.96 Å². The van der Waals surface area contributed by atoms with E-state index in [9.17, 15) is 8.42 Å². The van der Waals surface area contributed by atoms with E-state index in [-0.39, 0.29) is 4.90 Å². The molecule has 0 radical (unpaired) electrons. The van der Waals surface area contributed by atoms with Gasteiger partial charge in [-0.05, 0) is 50.7 Å². The number of nitrogens with one attached hydrogen (secondary N) is 3. The van der Waals surface area contributed by atoms with Gasteiger partial charge in [0.25, 0.3) is 0 Å². The maximum Gasteiger partial charge on any atom is 0.240 e. The van der Waals surface area contributed by atoms with E-state index < -0.39 is 10.0 Å². The van der Waals surface area contributed by atoms with Crippen LogP contribution >= 0.6 is 11.3 Å². The number of sulfonamides is 1. The minimum absolute atomic E-state index is 0.251. The number of thiophene rings is 1. The van der Waals surface area contributed by atoms with E-state index in [2.05, 4.69) is 39.4 Å². The van der Waals surface area contributed by atoms with Crippen LogP contribution in [-0.4, -0.2) is 28.0 Å². The highest BCUT2D eigenvalue weighted by atomic mass is 32.2. The molecule has 3 N–H and O–H groups in total. The van der Waals surface area contributed by atoms with E-state index in [1.807, 2.05) is 6.92 Å². The molecule has 136 valence electrons. The average molecular weight is 381 g/mol. The van der Waals surface area contributed by atoms with E-state index in [1.54, 1.807) is 35.6 Å². The van der Waals surface area contributed by atoms with Crippen LogP contribution in [-0.2, 0) is 23.1 Å². The first-order valence-corrected chi connectivity index (χ1v) is 10.3. The van der Waals surface area contributed by atoms with Crippen molar-refractivity contribution in [1.29, 1.82) is 0 Å². The van der Waals surface area contributed by atoms with E-state index in [1.165, 1.54) is 16.8 Å². The van der Waals surface area contributed by atoms with Gasteiger partial charge in [0.05, 0.1) is 18.0 Å². The topological polar surface area (TPSA) is 82.6 Å². The van der Waals surface area contributed by atoms with Crippen molar-refractivity contribution < 1.29 is 8.42 Å². The summed E-state index contributed by atoms with van der Waals surface area (Å²) in [5.41, 5.74) is 0.944. The summed E-state index contributed by atoms with van der Waals surface area (Å²) in [6.07, 6.45) is 0. The molecule has 0 unspecified atom stereocenters. The van der Waals surface area contributed by atoms with Crippen LogP contribution in [0.25, 0.3) is 0 Å². The Labute approximate surface area is 153 Å². The van der Waals surface area contributed by atoms with E-state index in [0.29, 0.717) is 6.54 Å². The quantitative estimate of drug-likeness (QED) is 0.508. The minimum Gasteiger partial charge on any atom is -0.357 e. The molecule has 2 rings (SSSR count). The van der Waals surface area contributed by atoms with Crippen molar-refractivity contribution in [2.75, 3.05) is 13.6 Å². The highest BCUT2D eigenvalue weighted by Gasteiger charge is 2.10. The van der Waals surface area contributed by atoms with E-state index in [0.717, 1.165) is 24.6 Å². The fourth-order valence-corrected chi connectivity index (χ4v) is 3.72. The Kier molecular flexibility index (Phi) is 6.98. The lowest BCUT2D eigenvalue weighted by Crippen LogP contribution is -2.36. The minimum atomic E-state index is -3.40. The summed E-state index contributed by atoms with van der Waals surface area (Å²) in [5, 5.41) is 6.52. The largest absolute Gasteiger partial charge is 0.357 e. The molecule has 1 aromatic carbocycles. The van der Waals surface area contributed by atoms with E-state index in [4.69, 9.17) is 0 Å². The number of hydrogen-bond donors (Lipinski definition) is 3. The molecule has 25 heavy (non-hydrogen) atoms. The lowest BCUT2D eigenvalue weighted by Gasteiger charge is -2.10. The number of aliphatic imine (C=N–C) groups is 1. The summed E-state index contributed by atoms with van der Waals surface area (Å²) in [6.45, 7) is 6.08.